The molecule has 2 rings (SSSR count). The third-order valence-corrected chi connectivity index (χ3v) is 5.09. The second kappa shape index (κ2) is 6.29. The van der Waals surface area contributed by atoms with Crippen LogP contribution in [0.3, 0.4) is 0 Å². The Morgan fingerprint density at radius 2 is 2.47 bits per heavy atom. The van der Waals surface area contributed by atoms with Gasteiger partial charge in [-0.25, -0.2) is 0 Å². The zero-order chi connectivity index (χ0) is 12.3. The molecule has 0 spiro atoms. The van der Waals surface area contributed by atoms with E-state index in [0.717, 1.165) is 25.9 Å². The van der Waals surface area contributed by atoms with Crippen LogP contribution in [-0.2, 0) is 11.2 Å². The fourth-order valence-corrected chi connectivity index (χ4v) is 4.10. The molecule has 1 aliphatic heterocycles. The number of ether oxygens (including phenoxy) is 1. The van der Waals surface area contributed by atoms with Gasteiger partial charge in [-0.2, -0.15) is 0 Å². The van der Waals surface area contributed by atoms with Crippen LogP contribution < -0.4 is 11.3 Å². The van der Waals surface area contributed by atoms with Gasteiger partial charge in [-0.05, 0) is 47.3 Å². The number of nitrogens with one attached hydrogen (secondary N) is 1. The van der Waals surface area contributed by atoms with Crippen LogP contribution in [0.1, 0.15) is 24.6 Å². The Hall–Kier alpha value is 0.0600. The van der Waals surface area contributed by atoms with E-state index in [4.69, 9.17) is 10.6 Å². The van der Waals surface area contributed by atoms with E-state index >= 15 is 0 Å². The third-order valence-electron chi connectivity index (χ3n) is 3.44. The van der Waals surface area contributed by atoms with Crippen LogP contribution in [0.15, 0.2) is 15.9 Å². The van der Waals surface area contributed by atoms with Crippen molar-refractivity contribution in [3.63, 3.8) is 0 Å². The fraction of sp³-hybridized carbons (Fsp3) is 0.667. The summed E-state index contributed by atoms with van der Waals surface area (Å²) in [6, 6.07) is 4.57. The number of hydrogen-bond donors (Lipinski definition) is 2. The number of nitrogens with two attached hydrogens (primary N) is 1. The van der Waals surface area contributed by atoms with Gasteiger partial charge in [-0.15, -0.1) is 11.3 Å². The first kappa shape index (κ1) is 13.5. The Labute approximate surface area is 115 Å². The van der Waals surface area contributed by atoms with E-state index in [0.29, 0.717) is 18.1 Å². The van der Waals surface area contributed by atoms with Crippen molar-refractivity contribution in [3.8, 4) is 0 Å². The SMILES string of the molecule is CCC1OCCC1C(Cc1ccc(Br)s1)NN. The van der Waals surface area contributed by atoms with Gasteiger partial charge in [0.2, 0.25) is 0 Å². The van der Waals surface area contributed by atoms with Crippen LogP contribution in [0.5, 0.6) is 0 Å². The Morgan fingerprint density at radius 3 is 3.06 bits per heavy atom. The van der Waals surface area contributed by atoms with Crippen LogP contribution in [0.2, 0.25) is 0 Å². The normalized spacial score (nSPS) is 26.3. The Kier molecular flexibility index (Phi) is 4.99. The number of halogens is 1. The molecule has 0 aliphatic carbocycles. The minimum Gasteiger partial charge on any atom is -0.378 e. The summed E-state index contributed by atoms with van der Waals surface area (Å²) in [4.78, 5) is 1.36. The lowest BCUT2D eigenvalue weighted by molar-refractivity contribution is 0.0775. The molecule has 1 aromatic heterocycles. The summed E-state index contributed by atoms with van der Waals surface area (Å²) >= 11 is 5.27. The maximum atomic E-state index is 5.74. The average molecular weight is 319 g/mol. The van der Waals surface area contributed by atoms with Crippen molar-refractivity contribution < 1.29 is 4.74 Å². The smallest absolute Gasteiger partial charge is 0.0701 e. The van der Waals surface area contributed by atoms with Gasteiger partial charge in [0.05, 0.1) is 9.89 Å². The van der Waals surface area contributed by atoms with E-state index in [-0.39, 0.29) is 0 Å². The molecule has 17 heavy (non-hydrogen) atoms. The van der Waals surface area contributed by atoms with Gasteiger partial charge in [0.1, 0.15) is 0 Å². The summed E-state index contributed by atoms with van der Waals surface area (Å²) in [5.74, 6) is 6.24. The first-order valence-electron chi connectivity index (χ1n) is 6.06. The molecular weight excluding hydrogens is 300 g/mol. The summed E-state index contributed by atoms with van der Waals surface area (Å²) in [6.07, 6.45) is 3.52. The lowest BCUT2D eigenvalue weighted by Gasteiger charge is -2.26. The number of hydrogen-bond acceptors (Lipinski definition) is 4. The summed E-state index contributed by atoms with van der Waals surface area (Å²) in [7, 11) is 0. The van der Waals surface area contributed by atoms with Crippen molar-refractivity contribution in [2.45, 2.75) is 38.3 Å². The van der Waals surface area contributed by atoms with Crippen molar-refractivity contribution in [2.24, 2.45) is 11.8 Å². The molecule has 0 radical (unpaired) electrons. The molecule has 96 valence electrons. The number of rotatable bonds is 5. The zero-order valence-electron chi connectivity index (χ0n) is 9.99. The van der Waals surface area contributed by atoms with Gasteiger partial charge in [-0.1, -0.05) is 6.92 Å². The molecule has 5 heteroatoms. The maximum Gasteiger partial charge on any atom is 0.0701 e. The van der Waals surface area contributed by atoms with Crippen molar-refractivity contribution in [1.29, 1.82) is 0 Å². The van der Waals surface area contributed by atoms with Gasteiger partial charge in [0, 0.05) is 23.4 Å². The molecule has 3 unspecified atom stereocenters. The molecule has 0 amide bonds. The lowest BCUT2D eigenvalue weighted by Crippen LogP contribution is -2.45. The summed E-state index contributed by atoms with van der Waals surface area (Å²) in [6.45, 7) is 3.05. The maximum absolute atomic E-state index is 5.74. The highest BCUT2D eigenvalue weighted by Crippen LogP contribution is 2.30. The van der Waals surface area contributed by atoms with Crippen molar-refractivity contribution >= 4 is 27.3 Å². The van der Waals surface area contributed by atoms with Crippen molar-refractivity contribution in [2.75, 3.05) is 6.61 Å². The predicted octanol–water partition coefficient (Wildman–Crippen LogP) is 2.70. The lowest BCUT2D eigenvalue weighted by atomic mass is 9.89. The van der Waals surface area contributed by atoms with Crippen LogP contribution >= 0.6 is 27.3 Å². The van der Waals surface area contributed by atoms with Gasteiger partial charge in [-0.3, -0.25) is 11.3 Å². The molecule has 0 bridgehead atoms. The van der Waals surface area contributed by atoms with E-state index < -0.39 is 0 Å². The average Bonchev–Trinajstić information content (AvgIpc) is 2.94. The highest BCUT2D eigenvalue weighted by atomic mass is 79.9. The molecule has 1 aromatic rings. The highest BCUT2D eigenvalue weighted by molar-refractivity contribution is 9.11. The minimum absolute atomic E-state index is 0.313. The molecule has 0 aromatic carbocycles. The molecule has 1 aliphatic rings. The van der Waals surface area contributed by atoms with Crippen molar-refractivity contribution in [1.82, 2.24) is 5.43 Å². The first-order chi connectivity index (χ1) is 8.24. The second-order valence-corrected chi connectivity index (χ2v) is 7.00. The van der Waals surface area contributed by atoms with Crippen LogP contribution in [0.25, 0.3) is 0 Å². The highest BCUT2D eigenvalue weighted by Gasteiger charge is 2.33. The Morgan fingerprint density at radius 1 is 1.65 bits per heavy atom. The topological polar surface area (TPSA) is 47.3 Å². The number of thiophene rings is 1. The molecule has 3 nitrogen and oxygen atoms in total. The predicted molar refractivity (Wildman–Crippen MR) is 75.0 cm³/mol. The molecule has 3 atom stereocenters. The van der Waals surface area contributed by atoms with Crippen molar-refractivity contribution in [3.05, 3.63) is 20.8 Å². The van der Waals surface area contributed by atoms with E-state index in [9.17, 15) is 0 Å². The van der Waals surface area contributed by atoms with Gasteiger partial charge < -0.3 is 4.74 Å². The Balaban J connectivity index is 2.00. The van der Waals surface area contributed by atoms with Gasteiger partial charge >= 0.3 is 0 Å². The third kappa shape index (κ3) is 3.29. The molecule has 3 N–H and O–H groups in total. The van der Waals surface area contributed by atoms with Crippen LogP contribution in [0.4, 0.5) is 0 Å². The summed E-state index contributed by atoms with van der Waals surface area (Å²) in [5.41, 5.74) is 2.98. The zero-order valence-corrected chi connectivity index (χ0v) is 12.4. The molecule has 2 heterocycles. The van der Waals surface area contributed by atoms with Gasteiger partial charge in [0.15, 0.2) is 0 Å². The second-order valence-electron chi connectivity index (χ2n) is 4.45. The molecule has 1 fully saturated rings. The van der Waals surface area contributed by atoms with E-state index in [1.807, 2.05) is 0 Å². The summed E-state index contributed by atoms with van der Waals surface area (Å²) < 4.78 is 6.92. The summed E-state index contributed by atoms with van der Waals surface area (Å²) in [5, 5.41) is 0. The molecular formula is C12H19BrN2OS. The standard InChI is InChI=1S/C12H19BrN2OS/c1-2-11-9(5-6-16-11)10(15-14)7-8-3-4-12(13)17-8/h3-4,9-11,15H,2,5-7,14H2,1H3. The van der Waals surface area contributed by atoms with E-state index in [1.54, 1.807) is 11.3 Å². The number of hydrazine groups is 1. The van der Waals surface area contributed by atoms with Crippen LogP contribution in [0, 0.1) is 5.92 Å². The van der Waals surface area contributed by atoms with Crippen LogP contribution in [-0.4, -0.2) is 18.8 Å². The monoisotopic (exact) mass is 318 g/mol. The molecule has 1 saturated heterocycles. The van der Waals surface area contributed by atoms with Gasteiger partial charge in [0.25, 0.3) is 0 Å². The minimum atomic E-state index is 0.313. The van der Waals surface area contributed by atoms with E-state index in [2.05, 4.69) is 40.4 Å². The largest absolute Gasteiger partial charge is 0.378 e. The Bertz CT molecular complexity index is 358. The fourth-order valence-electron chi connectivity index (χ4n) is 2.56. The molecule has 0 saturated carbocycles. The van der Waals surface area contributed by atoms with E-state index in [1.165, 1.54) is 8.66 Å². The first-order valence-corrected chi connectivity index (χ1v) is 7.67. The quantitative estimate of drug-likeness (QED) is 0.648.